The Morgan fingerprint density at radius 3 is 2.56 bits per heavy atom. The van der Waals surface area contributed by atoms with Crippen LogP contribution in [0.1, 0.15) is 25.5 Å². The number of anilines is 2. The van der Waals surface area contributed by atoms with E-state index in [1.54, 1.807) is 54.6 Å². The smallest absolute Gasteiger partial charge is 0.410 e. The van der Waals surface area contributed by atoms with Crippen molar-refractivity contribution in [2.45, 2.75) is 36.8 Å². The molecule has 2 fully saturated rings. The molecule has 1 unspecified atom stereocenters. The number of benzene rings is 2. The van der Waals surface area contributed by atoms with Gasteiger partial charge in [0.25, 0.3) is 0 Å². The lowest BCUT2D eigenvalue weighted by Crippen LogP contribution is -2.44. The average Bonchev–Trinajstić information content (AvgIpc) is 3.71. The maximum absolute atomic E-state index is 12.7. The van der Waals surface area contributed by atoms with Gasteiger partial charge in [-0.25, -0.2) is 23.2 Å². The molecular weight excluding hydrogens is 480 g/mol. The van der Waals surface area contributed by atoms with Gasteiger partial charge in [0, 0.05) is 23.9 Å². The fraction of sp³-hybridized carbons (Fsp3) is 0.346. The van der Waals surface area contributed by atoms with Crippen LogP contribution in [0.5, 0.6) is 5.75 Å². The molecule has 1 saturated heterocycles. The third-order valence-corrected chi connectivity index (χ3v) is 8.34. The van der Waals surface area contributed by atoms with E-state index in [9.17, 15) is 13.2 Å². The maximum Gasteiger partial charge on any atom is 0.417 e. The molecule has 0 bridgehead atoms. The lowest BCUT2D eigenvalue weighted by Gasteiger charge is -2.34. The van der Waals surface area contributed by atoms with Gasteiger partial charge in [-0.3, -0.25) is 5.32 Å². The summed E-state index contributed by atoms with van der Waals surface area (Å²) in [7, 11) is -3.24. The van der Waals surface area contributed by atoms with Crippen molar-refractivity contribution >= 4 is 27.4 Å². The second kappa shape index (κ2) is 10.2. The van der Waals surface area contributed by atoms with Crippen LogP contribution >= 0.6 is 0 Å². The van der Waals surface area contributed by atoms with Gasteiger partial charge >= 0.3 is 6.09 Å². The molecule has 5 rings (SSSR count). The number of carbonyl (C=O) groups excluding carboxylic acids is 1. The predicted octanol–water partition coefficient (Wildman–Crippen LogP) is 4.06. The number of aromatic nitrogens is 2. The van der Waals surface area contributed by atoms with Crippen LogP contribution in [0.15, 0.2) is 60.7 Å². The minimum Gasteiger partial charge on any atom is -0.410 e. The maximum atomic E-state index is 12.7. The summed E-state index contributed by atoms with van der Waals surface area (Å²) in [5, 5.41) is 2.43. The molecule has 1 amide bonds. The van der Waals surface area contributed by atoms with E-state index in [1.165, 1.54) is 0 Å². The molecule has 3 aromatic rings. The molecule has 0 spiro atoms. The van der Waals surface area contributed by atoms with E-state index >= 15 is 0 Å². The summed E-state index contributed by atoms with van der Waals surface area (Å²) in [6.07, 6.45) is 0.838. The van der Waals surface area contributed by atoms with E-state index in [4.69, 9.17) is 14.5 Å². The van der Waals surface area contributed by atoms with E-state index < -0.39 is 15.9 Å². The van der Waals surface area contributed by atoms with E-state index in [2.05, 4.69) is 22.1 Å². The van der Waals surface area contributed by atoms with Gasteiger partial charge in [-0.1, -0.05) is 18.2 Å². The van der Waals surface area contributed by atoms with Crippen LogP contribution in [-0.4, -0.2) is 55.5 Å². The second-order valence-corrected chi connectivity index (χ2v) is 11.4. The standard InChI is InChI=1S/C26H28N4O5S/c1-18-16-34-14-13-30(18)24-15-21(17-36(32,33)23-11-12-23)27-25(29-24)19-7-9-20(10-8-19)28-26(31)35-22-5-3-2-4-6-22/h2-10,15,18,23H,11-14,16-17H2,1H3,(H,28,31). The number of ether oxygens (including phenoxy) is 2. The Morgan fingerprint density at radius 1 is 1.11 bits per heavy atom. The van der Waals surface area contributed by atoms with E-state index in [0.717, 1.165) is 12.8 Å². The molecule has 1 atom stereocenters. The van der Waals surface area contributed by atoms with Crippen molar-refractivity contribution in [3.8, 4) is 17.1 Å². The quantitative estimate of drug-likeness (QED) is 0.509. The molecule has 1 aromatic heterocycles. The van der Waals surface area contributed by atoms with Gasteiger partial charge in [0.05, 0.1) is 36.0 Å². The number of para-hydroxylation sites is 1. The van der Waals surface area contributed by atoms with Gasteiger partial charge in [0.1, 0.15) is 11.6 Å². The van der Waals surface area contributed by atoms with Gasteiger partial charge in [-0.15, -0.1) is 0 Å². The number of sulfone groups is 1. The monoisotopic (exact) mass is 508 g/mol. The van der Waals surface area contributed by atoms with Gasteiger partial charge in [0.15, 0.2) is 15.7 Å². The summed E-state index contributed by atoms with van der Waals surface area (Å²) in [5.74, 6) is 1.46. The summed E-state index contributed by atoms with van der Waals surface area (Å²) >= 11 is 0. The highest BCUT2D eigenvalue weighted by Gasteiger charge is 2.36. The molecule has 188 valence electrons. The first-order valence-electron chi connectivity index (χ1n) is 12.0. The van der Waals surface area contributed by atoms with E-state index in [-0.39, 0.29) is 17.0 Å². The third-order valence-electron chi connectivity index (χ3n) is 6.15. The highest BCUT2D eigenvalue weighted by atomic mass is 32.2. The van der Waals surface area contributed by atoms with Gasteiger partial charge < -0.3 is 14.4 Å². The molecule has 2 aliphatic rings. The Bertz CT molecular complexity index is 1330. The second-order valence-electron chi connectivity index (χ2n) is 9.07. The summed E-state index contributed by atoms with van der Waals surface area (Å²) in [5.41, 5.74) is 1.74. The lowest BCUT2D eigenvalue weighted by atomic mass is 10.2. The normalized spacial score (nSPS) is 18.0. The zero-order valence-corrected chi connectivity index (χ0v) is 20.8. The molecule has 1 N–H and O–H groups in total. The Kier molecular flexibility index (Phi) is 6.88. The van der Waals surface area contributed by atoms with Crippen LogP contribution in [-0.2, 0) is 20.3 Å². The number of nitrogens with zero attached hydrogens (tertiary/aromatic N) is 3. The third kappa shape index (κ3) is 5.83. The van der Waals surface area contributed by atoms with Crippen LogP contribution < -0.4 is 15.0 Å². The average molecular weight is 509 g/mol. The first kappa shape index (κ1) is 24.2. The van der Waals surface area contributed by atoms with Crippen molar-refractivity contribution in [3.05, 3.63) is 66.4 Å². The molecule has 0 radical (unpaired) electrons. The molecule has 36 heavy (non-hydrogen) atoms. The SMILES string of the molecule is CC1COCCN1c1cc(CS(=O)(=O)C2CC2)nc(-c2ccc(NC(=O)Oc3ccccc3)cc2)n1. The molecule has 2 aromatic carbocycles. The minimum atomic E-state index is -3.24. The predicted molar refractivity (Wildman–Crippen MR) is 137 cm³/mol. The number of nitrogens with one attached hydrogen (secondary N) is 1. The van der Waals surface area contributed by atoms with Gasteiger partial charge in [0.2, 0.25) is 0 Å². The number of hydrogen-bond acceptors (Lipinski definition) is 8. The number of morpholine rings is 1. The molecule has 1 aliphatic carbocycles. The number of rotatable bonds is 7. The largest absolute Gasteiger partial charge is 0.417 e. The Balaban J connectivity index is 1.38. The van der Waals surface area contributed by atoms with Crippen LogP contribution in [0, 0.1) is 0 Å². The summed E-state index contributed by atoms with van der Waals surface area (Å²) < 4.78 is 36.2. The molecule has 1 saturated carbocycles. The van der Waals surface area contributed by atoms with Crippen molar-refractivity contribution in [2.24, 2.45) is 0 Å². The summed E-state index contributed by atoms with van der Waals surface area (Å²) in [6.45, 7) is 3.88. The summed E-state index contributed by atoms with van der Waals surface area (Å²) in [6, 6.07) is 17.7. The molecule has 2 heterocycles. The van der Waals surface area contributed by atoms with Crippen molar-refractivity contribution in [3.63, 3.8) is 0 Å². The topological polar surface area (TPSA) is 111 Å². The zero-order valence-electron chi connectivity index (χ0n) is 20.0. The van der Waals surface area contributed by atoms with Crippen molar-refractivity contribution in [1.29, 1.82) is 0 Å². The Hall–Kier alpha value is -3.50. The molecule has 10 heteroatoms. The number of carbonyl (C=O) groups is 1. The summed E-state index contributed by atoms with van der Waals surface area (Å²) in [4.78, 5) is 23.7. The minimum absolute atomic E-state index is 0.107. The highest BCUT2D eigenvalue weighted by molar-refractivity contribution is 7.91. The fourth-order valence-electron chi connectivity index (χ4n) is 4.09. The van der Waals surface area contributed by atoms with Crippen LogP contribution in [0.3, 0.4) is 0 Å². The van der Waals surface area contributed by atoms with E-state index in [1.807, 2.05) is 6.07 Å². The first-order chi connectivity index (χ1) is 17.4. The fourth-order valence-corrected chi connectivity index (χ4v) is 5.74. The van der Waals surface area contributed by atoms with Crippen molar-refractivity contribution in [1.82, 2.24) is 9.97 Å². The molecular formula is C26H28N4O5S. The van der Waals surface area contributed by atoms with E-state index in [0.29, 0.717) is 54.1 Å². The lowest BCUT2D eigenvalue weighted by molar-refractivity contribution is 0.0985. The molecule has 9 nitrogen and oxygen atoms in total. The first-order valence-corrected chi connectivity index (χ1v) is 13.7. The number of amides is 1. The van der Waals surface area contributed by atoms with Crippen LogP contribution in [0.25, 0.3) is 11.4 Å². The van der Waals surface area contributed by atoms with Gasteiger partial charge in [-0.2, -0.15) is 0 Å². The van der Waals surface area contributed by atoms with Crippen LogP contribution in [0.2, 0.25) is 0 Å². The highest BCUT2D eigenvalue weighted by Crippen LogP contribution is 2.32. The Morgan fingerprint density at radius 2 is 1.86 bits per heavy atom. The van der Waals surface area contributed by atoms with Crippen molar-refractivity contribution < 1.29 is 22.7 Å². The van der Waals surface area contributed by atoms with Gasteiger partial charge in [-0.05, 0) is 56.2 Å². The Labute approximate surface area is 210 Å². The zero-order chi connectivity index (χ0) is 25.1. The van der Waals surface area contributed by atoms with Crippen LogP contribution in [0.4, 0.5) is 16.3 Å². The van der Waals surface area contributed by atoms with Crippen molar-refractivity contribution in [2.75, 3.05) is 30.0 Å². The molecule has 1 aliphatic heterocycles. The number of hydrogen-bond donors (Lipinski definition) is 1.